The highest BCUT2D eigenvalue weighted by Crippen LogP contribution is 2.35. The third kappa shape index (κ3) is 6.26. The Morgan fingerprint density at radius 1 is 0.884 bits per heavy atom. The molecule has 4 aromatic rings. The first-order chi connectivity index (χ1) is 20.7. The van der Waals surface area contributed by atoms with Crippen LogP contribution in [0.2, 0.25) is 0 Å². The predicted molar refractivity (Wildman–Crippen MR) is 160 cm³/mol. The molecule has 7 nitrogen and oxygen atoms in total. The Balaban J connectivity index is 1.21. The van der Waals surface area contributed by atoms with Crippen LogP contribution in [-0.2, 0) is 16.4 Å². The lowest BCUT2D eigenvalue weighted by Gasteiger charge is -2.33. The molecule has 2 aliphatic rings. The standard InChI is InChI=1S/C33H34F2N4O3S/c1-43(41,42)28-12-6-23(7-13-28)21-37-17-14-24(15-18-37)32-30(20-36-39(32)27-10-8-26(34)9-11-27)33(40)38-19-16-25(22-38)29-4-2-3-5-31(29)35/h2-13,20,24-25H,14-19,21-22H2,1H3. The van der Waals surface area contributed by atoms with E-state index in [1.807, 2.05) is 18.2 Å². The van der Waals surface area contributed by atoms with Gasteiger partial charge in [0.25, 0.3) is 5.91 Å². The molecule has 3 heterocycles. The van der Waals surface area contributed by atoms with E-state index >= 15 is 0 Å². The zero-order chi connectivity index (χ0) is 30.1. The third-order valence-corrected chi connectivity index (χ3v) is 9.79. The summed E-state index contributed by atoms with van der Waals surface area (Å²) in [6, 6.07) is 19.9. The number of sulfone groups is 1. The second-order valence-electron chi connectivity index (χ2n) is 11.6. The molecule has 0 N–H and O–H groups in total. The van der Waals surface area contributed by atoms with E-state index in [1.165, 1.54) is 24.5 Å². The summed E-state index contributed by atoms with van der Waals surface area (Å²) in [6.45, 7) is 3.26. The van der Waals surface area contributed by atoms with Gasteiger partial charge in [0.05, 0.1) is 28.0 Å². The van der Waals surface area contributed by atoms with Gasteiger partial charge in [-0.1, -0.05) is 30.3 Å². The van der Waals surface area contributed by atoms with E-state index < -0.39 is 9.84 Å². The van der Waals surface area contributed by atoms with Crippen molar-refractivity contribution in [1.29, 1.82) is 0 Å². The van der Waals surface area contributed by atoms with Gasteiger partial charge >= 0.3 is 0 Å². The number of aromatic nitrogens is 2. The minimum Gasteiger partial charge on any atom is -0.338 e. The van der Waals surface area contributed by atoms with Crippen LogP contribution in [0.15, 0.2) is 83.9 Å². The summed E-state index contributed by atoms with van der Waals surface area (Å²) < 4.78 is 53.6. The molecule has 0 spiro atoms. The second-order valence-corrected chi connectivity index (χ2v) is 13.6. The van der Waals surface area contributed by atoms with Crippen molar-refractivity contribution in [2.45, 2.75) is 42.5 Å². The molecule has 0 saturated carbocycles. The van der Waals surface area contributed by atoms with Crippen LogP contribution in [0.1, 0.15) is 58.3 Å². The summed E-state index contributed by atoms with van der Waals surface area (Å²) in [4.78, 5) is 18.4. The lowest BCUT2D eigenvalue weighted by Crippen LogP contribution is -2.34. The van der Waals surface area contributed by atoms with Crippen molar-refractivity contribution in [2.24, 2.45) is 0 Å². The van der Waals surface area contributed by atoms with E-state index in [9.17, 15) is 22.0 Å². The maximum Gasteiger partial charge on any atom is 0.257 e. The Hall–Kier alpha value is -3.89. The molecule has 3 aromatic carbocycles. The summed E-state index contributed by atoms with van der Waals surface area (Å²) >= 11 is 0. The van der Waals surface area contributed by atoms with Crippen LogP contribution in [0.4, 0.5) is 8.78 Å². The molecule has 6 rings (SSSR count). The highest BCUT2D eigenvalue weighted by atomic mass is 32.2. The molecular formula is C33H34F2N4O3S. The van der Waals surface area contributed by atoms with E-state index in [4.69, 9.17) is 0 Å². The lowest BCUT2D eigenvalue weighted by atomic mass is 9.90. The number of nitrogens with zero attached hydrogens (tertiary/aromatic N) is 4. The average Bonchev–Trinajstić information content (AvgIpc) is 3.66. The van der Waals surface area contributed by atoms with E-state index in [-0.39, 0.29) is 29.4 Å². The fourth-order valence-corrected chi connectivity index (χ4v) is 6.97. The number of piperidine rings is 1. The molecule has 0 bridgehead atoms. The first kappa shape index (κ1) is 29.2. The molecule has 224 valence electrons. The molecule has 1 aromatic heterocycles. The average molecular weight is 605 g/mol. The number of carbonyl (C=O) groups is 1. The summed E-state index contributed by atoms with van der Waals surface area (Å²) in [5.41, 5.74) is 3.72. The zero-order valence-corrected chi connectivity index (χ0v) is 24.8. The molecule has 0 radical (unpaired) electrons. The lowest BCUT2D eigenvalue weighted by molar-refractivity contribution is 0.0788. The molecule has 10 heteroatoms. The molecule has 1 atom stereocenters. The molecule has 2 saturated heterocycles. The van der Waals surface area contributed by atoms with Gasteiger partial charge in [-0.15, -0.1) is 0 Å². The van der Waals surface area contributed by atoms with Crippen molar-refractivity contribution >= 4 is 15.7 Å². The van der Waals surface area contributed by atoms with E-state index in [0.717, 1.165) is 37.2 Å². The van der Waals surface area contributed by atoms with Crippen molar-refractivity contribution in [3.05, 3.63) is 113 Å². The quantitative estimate of drug-likeness (QED) is 0.276. The van der Waals surface area contributed by atoms with E-state index in [0.29, 0.717) is 47.8 Å². The molecule has 43 heavy (non-hydrogen) atoms. The van der Waals surface area contributed by atoms with Crippen molar-refractivity contribution in [2.75, 3.05) is 32.4 Å². The number of likely N-dealkylation sites (tertiary alicyclic amines) is 2. The van der Waals surface area contributed by atoms with Gasteiger partial charge in [0.1, 0.15) is 11.6 Å². The van der Waals surface area contributed by atoms with Crippen LogP contribution in [0.3, 0.4) is 0 Å². The maximum absolute atomic E-state index is 14.5. The molecule has 2 aliphatic heterocycles. The fraction of sp³-hybridized carbons (Fsp3) is 0.333. The summed E-state index contributed by atoms with van der Waals surface area (Å²) in [5.74, 6) is -0.709. The van der Waals surface area contributed by atoms with Gasteiger partial charge in [-0.2, -0.15) is 5.10 Å². The second kappa shape index (κ2) is 12.0. The predicted octanol–water partition coefficient (Wildman–Crippen LogP) is 5.56. The number of amides is 1. The Labute approximate surface area is 250 Å². The van der Waals surface area contributed by atoms with Crippen LogP contribution in [0.5, 0.6) is 0 Å². The highest BCUT2D eigenvalue weighted by molar-refractivity contribution is 7.90. The van der Waals surface area contributed by atoms with Gasteiger partial charge in [0.15, 0.2) is 9.84 Å². The summed E-state index contributed by atoms with van der Waals surface area (Å²) in [7, 11) is -3.24. The Morgan fingerprint density at radius 2 is 1.56 bits per heavy atom. The summed E-state index contributed by atoms with van der Waals surface area (Å²) in [6.07, 6.45) is 5.11. The minimum absolute atomic E-state index is 0.0559. The van der Waals surface area contributed by atoms with Crippen molar-refractivity contribution < 1.29 is 22.0 Å². The number of hydrogen-bond acceptors (Lipinski definition) is 5. The van der Waals surface area contributed by atoms with Gasteiger partial charge < -0.3 is 4.90 Å². The number of rotatable bonds is 7. The monoisotopic (exact) mass is 604 g/mol. The van der Waals surface area contributed by atoms with Crippen LogP contribution >= 0.6 is 0 Å². The normalized spacial score (nSPS) is 18.3. The van der Waals surface area contributed by atoms with Gasteiger partial charge in [0.2, 0.25) is 0 Å². The van der Waals surface area contributed by atoms with Gasteiger partial charge in [-0.05, 0) is 85.9 Å². The van der Waals surface area contributed by atoms with Crippen LogP contribution in [-0.4, -0.2) is 66.3 Å². The maximum atomic E-state index is 14.5. The van der Waals surface area contributed by atoms with Crippen LogP contribution in [0, 0.1) is 11.6 Å². The molecule has 2 fully saturated rings. The topological polar surface area (TPSA) is 75.5 Å². The number of halogens is 2. The first-order valence-electron chi connectivity index (χ1n) is 14.6. The van der Waals surface area contributed by atoms with Crippen molar-refractivity contribution in [3.63, 3.8) is 0 Å². The first-order valence-corrected chi connectivity index (χ1v) is 16.5. The van der Waals surface area contributed by atoms with Crippen molar-refractivity contribution in [1.82, 2.24) is 19.6 Å². The highest BCUT2D eigenvalue weighted by Gasteiger charge is 2.34. The SMILES string of the molecule is CS(=O)(=O)c1ccc(CN2CCC(c3c(C(=O)N4CCC(c5ccccc5F)C4)cnn3-c3ccc(F)cc3)CC2)cc1. The summed E-state index contributed by atoms with van der Waals surface area (Å²) in [5, 5.41) is 4.61. The molecule has 0 aliphatic carbocycles. The number of carbonyl (C=O) groups excluding carboxylic acids is 1. The largest absolute Gasteiger partial charge is 0.338 e. The fourth-order valence-electron chi connectivity index (χ4n) is 6.34. The number of hydrogen-bond donors (Lipinski definition) is 0. The van der Waals surface area contributed by atoms with Crippen molar-refractivity contribution in [3.8, 4) is 5.69 Å². The smallest absolute Gasteiger partial charge is 0.257 e. The van der Waals surface area contributed by atoms with Gasteiger partial charge in [0, 0.05) is 37.7 Å². The van der Waals surface area contributed by atoms with E-state index in [2.05, 4.69) is 10.00 Å². The van der Waals surface area contributed by atoms with E-state index in [1.54, 1.807) is 52.2 Å². The van der Waals surface area contributed by atoms with Gasteiger partial charge in [-0.25, -0.2) is 21.9 Å². The van der Waals surface area contributed by atoms with Crippen LogP contribution in [0.25, 0.3) is 5.69 Å². The molecule has 1 amide bonds. The molecule has 1 unspecified atom stereocenters. The Bertz CT molecular complexity index is 1710. The third-order valence-electron chi connectivity index (χ3n) is 8.66. The minimum atomic E-state index is -3.24. The Morgan fingerprint density at radius 3 is 2.23 bits per heavy atom. The molecular weight excluding hydrogens is 570 g/mol. The Kier molecular flexibility index (Phi) is 8.15. The van der Waals surface area contributed by atoms with Crippen LogP contribution < -0.4 is 0 Å². The van der Waals surface area contributed by atoms with Gasteiger partial charge in [-0.3, -0.25) is 9.69 Å². The number of benzene rings is 3. The zero-order valence-electron chi connectivity index (χ0n) is 24.0.